The summed E-state index contributed by atoms with van der Waals surface area (Å²) in [6.07, 6.45) is 2.19. The number of benzene rings is 2. The van der Waals surface area contributed by atoms with Crippen LogP contribution < -0.4 is 14.4 Å². The molecular formula is C25H35N3O5S. The van der Waals surface area contributed by atoms with Crippen LogP contribution in [0.25, 0.3) is 0 Å². The van der Waals surface area contributed by atoms with Gasteiger partial charge in [0, 0.05) is 32.1 Å². The molecule has 34 heavy (non-hydrogen) atoms. The average molecular weight is 490 g/mol. The molecule has 0 aliphatic heterocycles. The van der Waals surface area contributed by atoms with Gasteiger partial charge in [-0.2, -0.15) is 0 Å². The number of hydrogen-bond donors (Lipinski definition) is 1. The molecule has 8 nitrogen and oxygen atoms in total. The number of amides is 2. The summed E-state index contributed by atoms with van der Waals surface area (Å²) in [7, 11) is -2.04. The van der Waals surface area contributed by atoms with Crippen LogP contribution in [0, 0.1) is 0 Å². The van der Waals surface area contributed by atoms with Crippen LogP contribution in [-0.2, 0) is 26.0 Å². The first kappa shape index (κ1) is 27.2. The Labute approximate surface area is 202 Å². The fraction of sp³-hybridized carbons (Fsp3) is 0.440. The number of ether oxygens (including phenoxy) is 1. The summed E-state index contributed by atoms with van der Waals surface area (Å²) >= 11 is 0. The first-order valence-electron chi connectivity index (χ1n) is 11.4. The highest BCUT2D eigenvalue weighted by atomic mass is 32.2. The van der Waals surface area contributed by atoms with E-state index in [-0.39, 0.29) is 24.8 Å². The average Bonchev–Trinajstić information content (AvgIpc) is 2.81. The fourth-order valence-corrected chi connectivity index (χ4v) is 4.62. The Morgan fingerprint density at radius 2 is 1.76 bits per heavy atom. The van der Waals surface area contributed by atoms with E-state index in [0.29, 0.717) is 37.4 Å². The molecule has 0 aliphatic rings. The van der Waals surface area contributed by atoms with Crippen LogP contribution in [-0.4, -0.2) is 64.2 Å². The lowest BCUT2D eigenvalue weighted by molar-refractivity contribution is -0.139. The second kappa shape index (κ2) is 13.0. The summed E-state index contributed by atoms with van der Waals surface area (Å²) in [5.41, 5.74) is 1.55. The van der Waals surface area contributed by atoms with E-state index in [4.69, 9.17) is 4.74 Å². The molecule has 0 spiro atoms. The largest absolute Gasteiger partial charge is 0.497 e. The highest BCUT2D eigenvalue weighted by Gasteiger charge is 2.26. The number of rotatable bonds is 13. The smallest absolute Gasteiger partial charge is 0.242 e. The van der Waals surface area contributed by atoms with Crippen molar-refractivity contribution in [1.29, 1.82) is 0 Å². The van der Waals surface area contributed by atoms with Gasteiger partial charge in [-0.25, -0.2) is 8.42 Å². The lowest BCUT2D eigenvalue weighted by Gasteiger charge is -2.29. The van der Waals surface area contributed by atoms with Crippen LogP contribution in [0.2, 0.25) is 0 Å². The maximum absolute atomic E-state index is 13.1. The number of carbonyl (C=O) groups excluding carboxylic acids is 2. The van der Waals surface area contributed by atoms with Crippen molar-refractivity contribution in [2.75, 3.05) is 37.3 Å². The Hall–Kier alpha value is -3.07. The zero-order valence-corrected chi connectivity index (χ0v) is 21.2. The molecule has 0 unspecified atom stereocenters. The van der Waals surface area contributed by atoms with Crippen molar-refractivity contribution in [1.82, 2.24) is 10.2 Å². The fourth-order valence-electron chi connectivity index (χ4n) is 3.66. The van der Waals surface area contributed by atoms with Crippen LogP contribution in [0.5, 0.6) is 5.75 Å². The molecule has 0 radical (unpaired) electrons. The summed E-state index contributed by atoms with van der Waals surface area (Å²) in [4.78, 5) is 27.2. The van der Waals surface area contributed by atoms with Gasteiger partial charge in [-0.15, -0.1) is 0 Å². The predicted octanol–water partition coefficient (Wildman–Crippen LogP) is 2.84. The van der Waals surface area contributed by atoms with E-state index in [0.717, 1.165) is 11.8 Å². The Balaban J connectivity index is 2.10. The first-order chi connectivity index (χ1) is 16.2. The predicted molar refractivity (Wildman–Crippen MR) is 134 cm³/mol. The molecule has 0 saturated carbocycles. The van der Waals surface area contributed by atoms with Gasteiger partial charge in [0.05, 0.1) is 19.1 Å². The third kappa shape index (κ3) is 8.06. The summed E-state index contributed by atoms with van der Waals surface area (Å²) in [5, 5.41) is 2.77. The molecule has 2 rings (SSSR count). The monoisotopic (exact) mass is 489 g/mol. The van der Waals surface area contributed by atoms with E-state index >= 15 is 0 Å². The van der Waals surface area contributed by atoms with Gasteiger partial charge in [0.1, 0.15) is 11.8 Å². The topological polar surface area (TPSA) is 96.0 Å². The van der Waals surface area contributed by atoms with E-state index in [1.165, 1.54) is 11.4 Å². The second-order valence-corrected chi connectivity index (χ2v) is 9.94. The van der Waals surface area contributed by atoms with Gasteiger partial charge in [0.25, 0.3) is 0 Å². The first-order valence-corrected chi connectivity index (χ1v) is 13.2. The van der Waals surface area contributed by atoms with Crippen molar-refractivity contribution >= 4 is 27.5 Å². The number of nitrogens with one attached hydrogen (secondary N) is 1. The van der Waals surface area contributed by atoms with Crippen molar-refractivity contribution < 1.29 is 22.7 Å². The lowest BCUT2D eigenvalue weighted by atomic mass is 10.1. The van der Waals surface area contributed by atoms with Crippen LogP contribution in [0.15, 0.2) is 54.6 Å². The van der Waals surface area contributed by atoms with Gasteiger partial charge in [0.2, 0.25) is 21.8 Å². The zero-order valence-electron chi connectivity index (χ0n) is 20.4. The minimum absolute atomic E-state index is 0.120. The number of hydrogen-bond acceptors (Lipinski definition) is 5. The van der Waals surface area contributed by atoms with Crippen LogP contribution in [0.3, 0.4) is 0 Å². The third-order valence-electron chi connectivity index (χ3n) is 5.50. The minimum atomic E-state index is -3.56. The zero-order chi connectivity index (χ0) is 25.1. The van der Waals surface area contributed by atoms with Crippen molar-refractivity contribution in [2.24, 2.45) is 0 Å². The number of carbonyl (C=O) groups is 2. The Morgan fingerprint density at radius 1 is 1.06 bits per heavy atom. The molecule has 0 heterocycles. The molecule has 0 bridgehead atoms. The quantitative estimate of drug-likeness (QED) is 0.467. The van der Waals surface area contributed by atoms with Crippen molar-refractivity contribution in [3.05, 3.63) is 60.2 Å². The SMILES string of the molecule is CCNC(=O)[C@H](C)N(CCc1ccccc1)C(=O)CCCN(c1cccc(OC)c1)S(C)(=O)=O. The number of methoxy groups -OCH3 is 1. The van der Waals surface area contributed by atoms with Crippen LogP contribution >= 0.6 is 0 Å². The standard InChI is InChI=1S/C25H35N3O5S/c1-5-26-25(30)20(2)27(18-16-21-11-7-6-8-12-21)24(29)15-10-17-28(34(4,31)32)22-13-9-14-23(19-22)33-3/h6-9,11-14,19-20H,5,10,15-18H2,1-4H3,(H,26,30)/t20-/m0/s1. The Morgan fingerprint density at radius 3 is 2.38 bits per heavy atom. The molecule has 0 saturated heterocycles. The maximum atomic E-state index is 13.1. The van der Waals surface area contributed by atoms with Crippen LogP contribution in [0.1, 0.15) is 32.3 Å². The second-order valence-electron chi connectivity index (χ2n) is 8.03. The van der Waals surface area contributed by atoms with Crippen molar-refractivity contribution in [3.8, 4) is 5.75 Å². The van der Waals surface area contributed by atoms with Gasteiger partial charge in [-0.1, -0.05) is 36.4 Å². The molecule has 1 N–H and O–H groups in total. The molecule has 0 aliphatic carbocycles. The van der Waals surface area contributed by atoms with Crippen LogP contribution in [0.4, 0.5) is 5.69 Å². The molecule has 0 aromatic heterocycles. The van der Waals surface area contributed by atoms with Crippen molar-refractivity contribution in [2.45, 2.75) is 39.2 Å². The molecule has 2 aromatic carbocycles. The minimum Gasteiger partial charge on any atom is -0.497 e. The van der Waals surface area contributed by atoms with E-state index in [1.807, 2.05) is 37.3 Å². The van der Waals surface area contributed by atoms with Gasteiger partial charge >= 0.3 is 0 Å². The molecule has 1 atom stereocenters. The van der Waals surface area contributed by atoms with Gasteiger partial charge in [0.15, 0.2) is 0 Å². The maximum Gasteiger partial charge on any atom is 0.242 e. The van der Waals surface area contributed by atoms with E-state index in [2.05, 4.69) is 5.32 Å². The molecular weight excluding hydrogens is 454 g/mol. The van der Waals surface area contributed by atoms with Gasteiger partial charge < -0.3 is 15.0 Å². The molecule has 2 aromatic rings. The molecule has 2 amide bonds. The van der Waals surface area contributed by atoms with Gasteiger partial charge in [-0.3, -0.25) is 13.9 Å². The van der Waals surface area contributed by atoms with E-state index in [1.54, 1.807) is 36.1 Å². The summed E-state index contributed by atoms with van der Waals surface area (Å²) < 4.78 is 31.3. The number of sulfonamides is 1. The molecule has 9 heteroatoms. The number of likely N-dealkylation sites (N-methyl/N-ethyl adjacent to an activating group) is 1. The summed E-state index contributed by atoms with van der Waals surface area (Å²) in [5.74, 6) is 0.150. The highest BCUT2D eigenvalue weighted by molar-refractivity contribution is 7.92. The summed E-state index contributed by atoms with van der Waals surface area (Å²) in [6.45, 7) is 4.56. The highest BCUT2D eigenvalue weighted by Crippen LogP contribution is 2.23. The number of nitrogens with zero attached hydrogens (tertiary/aromatic N) is 2. The van der Waals surface area contributed by atoms with Gasteiger partial charge in [-0.05, 0) is 44.4 Å². The Bertz CT molecular complexity index is 1040. The normalized spacial score (nSPS) is 12.0. The molecule has 0 fully saturated rings. The molecule has 186 valence electrons. The van der Waals surface area contributed by atoms with E-state index < -0.39 is 16.1 Å². The summed E-state index contributed by atoms with van der Waals surface area (Å²) in [6, 6.07) is 15.9. The Kier molecular flexibility index (Phi) is 10.4. The number of anilines is 1. The van der Waals surface area contributed by atoms with Crippen molar-refractivity contribution in [3.63, 3.8) is 0 Å². The third-order valence-corrected chi connectivity index (χ3v) is 6.69. The van der Waals surface area contributed by atoms with E-state index in [9.17, 15) is 18.0 Å². The lowest BCUT2D eigenvalue weighted by Crippen LogP contribution is -2.48.